The topological polar surface area (TPSA) is 58.2 Å². The maximum absolute atomic E-state index is 12.1. The van der Waals surface area contributed by atoms with Crippen LogP contribution in [0.25, 0.3) is 33.4 Å². The SMILES string of the molecule is C=CC(=O)Cc1cc(-c2c(-c3ccc(OCCN(C)C)cc3)[nH]c3nccc(Cl)c23)ccc1C. The second-order valence-electron chi connectivity index (χ2n) is 8.56. The molecule has 0 radical (unpaired) electrons. The van der Waals surface area contributed by atoms with Crippen molar-refractivity contribution in [3.63, 3.8) is 0 Å². The van der Waals surface area contributed by atoms with Gasteiger partial charge in [0, 0.05) is 30.1 Å². The van der Waals surface area contributed by atoms with Crippen LogP contribution < -0.4 is 4.74 Å². The molecule has 4 aromatic rings. The summed E-state index contributed by atoms with van der Waals surface area (Å²) in [4.78, 5) is 22.1. The van der Waals surface area contributed by atoms with Crippen LogP contribution in [0.4, 0.5) is 0 Å². The van der Waals surface area contributed by atoms with Gasteiger partial charge in [0.1, 0.15) is 18.0 Å². The molecule has 2 aromatic carbocycles. The summed E-state index contributed by atoms with van der Waals surface area (Å²) < 4.78 is 5.85. The number of benzene rings is 2. The molecule has 0 amide bonds. The van der Waals surface area contributed by atoms with Crippen molar-refractivity contribution in [2.45, 2.75) is 13.3 Å². The number of halogens is 1. The van der Waals surface area contributed by atoms with E-state index in [2.05, 4.69) is 33.6 Å². The number of pyridine rings is 1. The first kappa shape index (κ1) is 23.7. The van der Waals surface area contributed by atoms with E-state index in [0.717, 1.165) is 51.2 Å². The molecule has 0 fully saturated rings. The van der Waals surface area contributed by atoms with Crippen LogP contribution in [0.1, 0.15) is 11.1 Å². The van der Waals surface area contributed by atoms with E-state index in [1.807, 2.05) is 51.4 Å². The van der Waals surface area contributed by atoms with E-state index in [1.54, 1.807) is 12.3 Å². The molecule has 0 atom stereocenters. The van der Waals surface area contributed by atoms with Crippen molar-refractivity contribution < 1.29 is 9.53 Å². The summed E-state index contributed by atoms with van der Waals surface area (Å²) in [6.45, 7) is 7.09. The minimum atomic E-state index is -0.0102. The van der Waals surface area contributed by atoms with Gasteiger partial charge in [0.2, 0.25) is 0 Å². The lowest BCUT2D eigenvalue weighted by Crippen LogP contribution is -2.19. The average molecular weight is 474 g/mol. The van der Waals surface area contributed by atoms with Crippen LogP contribution in [0.2, 0.25) is 5.02 Å². The number of likely N-dealkylation sites (N-methyl/N-ethyl adjacent to an activating group) is 1. The third-order valence-corrected chi connectivity index (χ3v) is 6.14. The van der Waals surface area contributed by atoms with Crippen LogP contribution in [0.5, 0.6) is 5.75 Å². The first-order chi connectivity index (χ1) is 16.4. The van der Waals surface area contributed by atoms with Crippen molar-refractivity contribution in [1.29, 1.82) is 0 Å². The molecule has 2 heterocycles. The third kappa shape index (κ3) is 5.06. The number of carbonyl (C=O) groups is 1. The number of ether oxygens (including phenoxy) is 1. The van der Waals surface area contributed by atoms with Gasteiger partial charge in [-0.25, -0.2) is 4.98 Å². The molecule has 0 saturated heterocycles. The predicted molar refractivity (Wildman–Crippen MR) is 140 cm³/mol. The standard InChI is InChI=1S/C28H28ClN3O2/c1-5-22(33)17-21-16-20(7-6-18(21)2)25-26-24(29)12-13-30-28(26)31-27(25)19-8-10-23(11-9-19)34-15-14-32(3)4/h5-13,16H,1,14-15,17H2,2-4H3,(H,30,31). The lowest BCUT2D eigenvalue weighted by Gasteiger charge is -2.12. The number of allylic oxidation sites excluding steroid dienone is 1. The molecule has 1 N–H and O–H groups in total. The van der Waals surface area contributed by atoms with Gasteiger partial charge in [-0.15, -0.1) is 0 Å². The van der Waals surface area contributed by atoms with Crippen molar-refractivity contribution in [3.05, 3.63) is 83.5 Å². The van der Waals surface area contributed by atoms with Gasteiger partial charge in [0.15, 0.2) is 5.78 Å². The van der Waals surface area contributed by atoms with Gasteiger partial charge < -0.3 is 14.6 Å². The smallest absolute Gasteiger partial charge is 0.159 e. The normalized spacial score (nSPS) is 11.2. The third-order valence-electron chi connectivity index (χ3n) is 5.82. The molecular weight excluding hydrogens is 446 g/mol. The molecule has 2 aromatic heterocycles. The minimum Gasteiger partial charge on any atom is -0.492 e. The number of fused-ring (bicyclic) bond motifs is 1. The van der Waals surface area contributed by atoms with Crippen LogP contribution in [0, 0.1) is 6.92 Å². The van der Waals surface area contributed by atoms with Gasteiger partial charge in [-0.3, -0.25) is 4.79 Å². The summed E-state index contributed by atoms with van der Waals surface area (Å²) in [6.07, 6.45) is 3.37. The van der Waals surface area contributed by atoms with Gasteiger partial charge >= 0.3 is 0 Å². The molecule has 174 valence electrons. The Labute approximate surface area is 205 Å². The van der Waals surface area contributed by atoms with Gasteiger partial charge in [-0.1, -0.05) is 36.4 Å². The molecular formula is C28H28ClN3O2. The van der Waals surface area contributed by atoms with E-state index in [4.69, 9.17) is 16.3 Å². The Morgan fingerprint density at radius 3 is 2.59 bits per heavy atom. The number of aryl methyl sites for hydroxylation is 1. The summed E-state index contributed by atoms with van der Waals surface area (Å²) in [6, 6.07) is 16.0. The van der Waals surface area contributed by atoms with Crippen LogP contribution >= 0.6 is 11.6 Å². The maximum Gasteiger partial charge on any atom is 0.159 e. The Morgan fingerprint density at radius 1 is 1.15 bits per heavy atom. The first-order valence-electron chi connectivity index (χ1n) is 11.2. The number of aromatic amines is 1. The average Bonchev–Trinajstić information content (AvgIpc) is 3.21. The Morgan fingerprint density at radius 2 is 1.88 bits per heavy atom. The van der Waals surface area contributed by atoms with E-state index in [1.165, 1.54) is 6.08 Å². The van der Waals surface area contributed by atoms with Crippen LogP contribution in [0.3, 0.4) is 0 Å². The lowest BCUT2D eigenvalue weighted by atomic mass is 9.94. The highest BCUT2D eigenvalue weighted by molar-refractivity contribution is 6.36. The van der Waals surface area contributed by atoms with Crippen LogP contribution in [-0.4, -0.2) is 47.9 Å². The number of nitrogens with one attached hydrogen (secondary N) is 1. The number of hydrogen-bond acceptors (Lipinski definition) is 4. The van der Waals surface area contributed by atoms with Gasteiger partial charge in [-0.05, 0) is 79.7 Å². The number of H-pyrrole nitrogens is 1. The predicted octanol–water partition coefficient (Wildman–Crippen LogP) is 6.10. The minimum absolute atomic E-state index is 0.0102. The Hall–Kier alpha value is -3.41. The van der Waals surface area contributed by atoms with Gasteiger partial charge in [-0.2, -0.15) is 0 Å². The Kier molecular flexibility index (Phi) is 7.15. The first-order valence-corrected chi connectivity index (χ1v) is 11.5. The van der Waals surface area contributed by atoms with Crippen molar-refractivity contribution >= 4 is 28.4 Å². The van der Waals surface area contributed by atoms with Crippen LogP contribution in [-0.2, 0) is 11.2 Å². The van der Waals surface area contributed by atoms with Crippen molar-refractivity contribution in [1.82, 2.24) is 14.9 Å². The fraction of sp³-hybridized carbons (Fsp3) is 0.214. The molecule has 4 rings (SSSR count). The fourth-order valence-electron chi connectivity index (χ4n) is 3.92. The van der Waals surface area contributed by atoms with Gasteiger partial charge in [0.25, 0.3) is 0 Å². The number of hydrogen-bond donors (Lipinski definition) is 1. The molecule has 5 nitrogen and oxygen atoms in total. The summed E-state index contributed by atoms with van der Waals surface area (Å²) >= 11 is 6.65. The van der Waals surface area contributed by atoms with E-state index >= 15 is 0 Å². The monoisotopic (exact) mass is 473 g/mol. The summed E-state index contributed by atoms with van der Waals surface area (Å²) in [5.41, 5.74) is 6.58. The molecule has 0 aliphatic rings. The molecule has 0 saturated carbocycles. The molecule has 0 aliphatic carbocycles. The largest absolute Gasteiger partial charge is 0.492 e. The molecule has 0 spiro atoms. The summed E-state index contributed by atoms with van der Waals surface area (Å²) in [7, 11) is 4.04. The fourth-order valence-corrected chi connectivity index (χ4v) is 4.16. The number of carbonyl (C=O) groups excluding carboxylic acids is 1. The highest BCUT2D eigenvalue weighted by atomic mass is 35.5. The van der Waals surface area contributed by atoms with Crippen LogP contribution in [0.15, 0.2) is 67.4 Å². The van der Waals surface area contributed by atoms with Crippen molar-refractivity contribution in [3.8, 4) is 28.1 Å². The Balaban J connectivity index is 1.80. The van der Waals surface area contributed by atoms with E-state index in [9.17, 15) is 4.79 Å². The number of nitrogens with zero attached hydrogens (tertiary/aromatic N) is 2. The quantitative estimate of drug-likeness (QED) is 0.298. The van der Waals surface area contributed by atoms with E-state index in [-0.39, 0.29) is 5.78 Å². The highest BCUT2D eigenvalue weighted by Crippen LogP contribution is 2.41. The lowest BCUT2D eigenvalue weighted by molar-refractivity contribution is -0.114. The number of rotatable bonds is 9. The van der Waals surface area contributed by atoms with Crippen molar-refractivity contribution in [2.24, 2.45) is 0 Å². The highest BCUT2D eigenvalue weighted by Gasteiger charge is 2.19. The zero-order valence-electron chi connectivity index (χ0n) is 19.7. The van der Waals surface area contributed by atoms with Gasteiger partial charge in [0.05, 0.1) is 10.7 Å². The second kappa shape index (κ2) is 10.2. The molecule has 0 aliphatic heterocycles. The zero-order chi connectivity index (χ0) is 24.2. The van der Waals surface area contributed by atoms with Crippen molar-refractivity contribution in [2.75, 3.05) is 27.2 Å². The number of aromatic nitrogens is 2. The van der Waals surface area contributed by atoms with E-state index < -0.39 is 0 Å². The molecule has 6 heteroatoms. The maximum atomic E-state index is 12.1. The zero-order valence-corrected chi connectivity index (χ0v) is 20.4. The molecule has 0 unspecified atom stereocenters. The Bertz CT molecular complexity index is 1340. The molecule has 34 heavy (non-hydrogen) atoms. The second-order valence-corrected chi connectivity index (χ2v) is 8.96. The summed E-state index contributed by atoms with van der Waals surface area (Å²) in [5, 5.41) is 1.48. The molecule has 0 bridgehead atoms. The summed E-state index contributed by atoms with van der Waals surface area (Å²) in [5.74, 6) is 0.809. The van der Waals surface area contributed by atoms with E-state index in [0.29, 0.717) is 23.7 Å². The number of ketones is 1.